The van der Waals surface area contributed by atoms with Crippen LogP contribution in [0.25, 0.3) is 0 Å². The SMILES string of the molecule is O=S(=O)(c1ccc(Cl)cc1)C1CC2NC(C1)C(O)c1[nH]ncc12. The molecule has 122 valence electrons. The number of nitrogens with zero attached hydrogens (tertiary/aromatic N) is 1. The highest BCUT2D eigenvalue weighted by atomic mass is 35.5. The number of fused-ring (bicyclic) bond motifs is 4. The van der Waals surface area contributed by atoms with Gasteiger partial charge < -0.3 is 10.4 Å². The Hall–Kier alpha value is -1.41. The molecule has 4 rings (SSSR count). The zero-order valence-corrected chi connectivity index (χ0v) is 13.7. The van der Waals surface area contributed by atoms with E-state index in [1.165, 1.54) is 12.1 Å². The Bertz CT molecular complexity index is 834. The zero-order valence-electron chi connectivity index (χ0n) is 12.1. The fraction of sp³-hybridized carbons (Fsp3) is 0.400. The Morgan fingerprint density at radius 3 is 2.70 bits per heavy atom. The summed E-state index contributed by atoms with van der Waals surface area (Å²) < 4.78 is 25.8. The minimum atomic E-state index is -3.47. The van der Waals surface area contributed by atoms with E-state index in [9.17, 15) is 13.5 Å². The lowest BCUT2D eigenvalue weighted by molar-refractivity contribution is 0.0829. The smallest absolute Gasteiger partial charge is 0.181 e. The maximum Gasteiger partial charge on any atom is 0.181 e. The van der Waals surface area contributed by atoms with Gasteiger partial charge in [0.1, 0.15) is 6.10 Å². The summed E-state index contributed by atoms with van der Waals surface area (Å²) in [7, 11) is -3.47. The van der Waals surface area contributed by atoms with Gasteiger partial charge in [0.05, 0.1) is 22.0 Å². The molecule has 2 aliphatic rings. The second-order valence-corrected chi connectivity index (χ2v) is 8.77. The van der Waals surface area contributed by atoms with Crippen LogP contribution in [0.15, 0.2) is 35.4 Å². The van der Waals surface area contributed by atoms with Gasteiger partial charge in [-0.05, 0) is 37.1 Å². The number of aromatic amines is 1. The molecule has 0 aliphatic carbocycles. The van der Waals surface area contributed by atoms with Crippen molar-refractivity contribution in [2.75, 3.05) is 0 Å². The number of aliphatic hydroxyl groups is 1. The maximum atomic E-state index is 12.9. The first-order valence-corrected chi connectivity index (χ1v) is 9.36. The van der Waals surface area contributed by atoms with Crippen LogP contribution in [0.2, 0.25) is 5.02 Å². The highest BCUT2D eigenvalue weighted by molar-refractivity contribution is 7.92. The van der Waals surface area contributed by atoms with Crippen molar-refractivity contribution in [1.82, 2.24) is 15.5 Å². The first-order valence-electron chi connectivity index (χ1n) is 7.43. The van der Waals surface area contributed by atoms with E-state index in [0.29, 0.717) is 23.6 Å². The first kappa shape index (κ1) is 15.1. The molecule has 0 spiro atoms. The molecular formula is C15H16ClN3O3S. The third kappa shape index (κ3) is 2.39. The van der Waals surface area contributed by atoms with Gasteiger partial charge in [0.15, 0.2) is 9.84 Å². The Morgan fingerprint density at radius 1 is 1.22 bits per heavy atom. The summed E-state index contributed by atoms with van der Waals surface area (Å²) in [6.07, 6.45) is 1.71. The fourth-order valence-corrected chi connectivity index (χ4v) is 5.50. The lowest BCUT2D eigenvalue weighted by atomic mass is 9.83. The number of H-pyrrole nitrogens is 1. The predicted molar refractivity (Wildman–Crippen MR) is 84.9 cm³/mol. The number of hydrogen-bond donors (Lipinski definition) is 3. The van der Waals surface area contributed by atoms with Gasteiger partial charge in [-0.25, -0.2) is 8.42 Å². The molecule has 0 radical (unpaired) electrons. The molecule has 2 aliphatic heterocycles. The quantitative estimate of drug-likeness (QED) is 0.764. The van der Waals surface area contributed by atoms with Crippen molar-refractivity contribution in [3.63, 3.8) is 0 Å². The first-order chi connectivity index (χ1) is 11.0. The predicted octanol–water partition coefficient (Wildman–Crippen LogP) is 1.75. The second kappa shape index (κ2) is 5.31. The molecule has 6 nitrogen and oxygen atoms in total. The number of hydrogen-bond acceptors (Lipinski definition) is 5. The topological polar surface area (TPSA) is 95.1 Å². The van der Waals surface area contributed by atoms with Gasteiger partial charge in [0.2, 0.25) is 0 Å². The number of aliphatic hydroxyl groups excluding tert-OH is 1. The van der Waals surface area contributed by atoms with Crippen molar-refractivity contribution in [3.8, 4) is 0 Å². The molecular weight excluding hydrogens is 338 g/mol. The van der Waals surface area contributed by atoms with E-state index >= 15 is 0 Å². The molecule has 3 heterocycles. The van der Waals surface area contributed by atoms with Crippen molar-refractivity contribution < 1.29 is 13.5 Å². The molecule has 23 heavy (non-hydrogen) atoms. The average molecular weight is 354 g/mol. The van der Waals surface area contributed by atoms with Crippen LogP contribution < -0.4 is 5.32 Å². The molecule has 0 amide bonds. The van der Waals surface area contributed by atoms with Gasteiger partial charge in [0, 0.05) is 22.7 Å². The van der Waals surface area contributed by atoms with Gasteiger partial charge in [-0.15, -0.1) is 0 Å². The number of aromatic nitrogens is 2. The molecule has 1 aromatic heterocycles. The molecule has 4 atom stereocenters. The van der Waals surface area contributed by atoms with Gasteiger partial charge in [0.25, 0.3) is 0 Å². The summed E-state index contributed by atoms with van der Waals surface area (Å²) in [6.45, 7) is 0. The van der Waals surface area contributed by atoms with Crippen molar-refractivity contribution in [2.24, 2.45) is 0 Å². The normalized spacial score (nSPS) is 30.0. The van der Waals surface area contributed by atoms with E-state index in [-0.39, 0.29) is 17.0 Å². The Balaban J connectivity index is 1.69. The number of benzene rings is 1. The fourth-order valence-electron chi connectivity index (χ4n) is 3.56. The third-order valence-electron chi connectivity index (χ3n) is 4.76. The second-order valence-electron chi connectivity index (χ2n) is 6.10. The van der Waals surface area contributed by atoms with Crippen LogP contribution in [-0.2, 0) is 9.84 Å². The lowest BCUT2D eigenvalue weighted by Crippen LogP contribution is -2.51. The van der Waals surface area contributed by atoms with Crippen LogP contribution in [0.4, 0.5) is 0 Å². The summed E-state index contributed by atoms with van der Waals surface area (Å²) in [5.74, 6) is 0. The van der Waals surface area contributed by atoms with Crippen LogP contribution in [0.3, 0.4) is 0 Å². The molecule has 4 unspecified atom stereocenters. The molecule has 1 fully saturated rings. The zero-order chi connectivity index (χ0) is 16.2. The third-order valence-corrected chi connectivity index (χ3v) is 7.21. The minimum Gasteiger partial charge on any atom is -0.385 e. The summed E-state index contributed by atoms with van der Waals surface area (Å²) in [5, 5.41) is 20.5. The van der Waals surface area contributed by atoms with Crippen LogP contribution in [0, 0.1) is 0 Å². The van der Waals surface area contributed by atoms with E-state index < -0.39 is 21.2 Å². The van der Waals surface area contributed by atoms with Crippen LogP contribution in [0.5, 0.6) is 0 Å². The number of nitrogens with one attached hydrogen (secondary N) is 2. The summed E-state index contributed by atoms with van der Waals surface area (Å²) in [5.41, 5.74) is 1.55. The van der Waals surface area contributed by atoms with Gasteiger partial charge >= 0.3 is 0 Å². The molecule has 1 aromatic carbocycles. The molecule has 2 aromatic rings. The lowest BCUT2D eigenvalue weighted by Gasteiger charge is -2.42. The van der Waals surface area contributed by atoms with Crippen molar-refractivity contribution in [2.45, 2.75) is 41.2 Å². The van der Waals surface area contributed by atoms with Crippen molar-refractivity contribution in [1.29, 1.82) is 0 Å². The maximum absolute atomic E-state index is 12.9. The molecule has 0 saturated carbocycles. The highest BCUT2D eigenvalue weighted by Crippen LogP contribution is 2.41. The summed E-state index contributed by atoms with van der Waals surface area (Å²) >= 11 is 5.84. The van der Waals surface area contributed by atoms with E-state index in [0.717, 1.165) is 5.56 Å². The largest absolute Gasteiger partial charge is 0.385 e. The van der Waals surface area contributed by atoms with Gasteiger partial charge in [-0.2, -0.15) is 5.10 Å². The number of piperidine rings is 1. The number of sulfone groups is 1. The molecule has 2 bridgehead atoms. The summed E-state index contributed by atoms with van der Waals surface area (Å²) in [4.78, 5) is 0.272. The Kier molecular flexibility index (Phi) is 3.49. The number of halogens is 1. The number of rotatable bonds is 2. The Morgan fingerprint density at radius 2 is 1.96 bits per heavy atom. The monoisotopic (exact) mass is 353 g/mol. The van der Waals surface area contributed by atoms with Crippen LogP contribution >= 0.6 is 11.6 Å². The van der Waals surface area contributed by atoms with Crippen molar-refractivity contribution in [3.05, 3.63) is 46.7 Å². The minimum absolute atomic E-state index is 0.113. The molecule has 8 heteroatoms. The molecule has 1 saturated heterocycles. The highest BCUT2D eigenvalue weighted by Gasteiger charge is 2.45. The average Bonchev–Trinajstić information content (AvgIpc) is 3.03. The van der Waals surface area contributed by atoms with Gasteiger partial charge in [-0.1, -0.05) is 11.6 Å². The van der Waals surface area contributed by atoms with Crippen LogP contribution in [0.1, 0.15) is 36.2 Å². The Labute approximate surface area is 138 Å². The van der Waals surface area contributed by atoms with E-state index in [4.69, 9.17) is 11.6 Å². The van der Waals surface area contributed by atoms with Crippen LogP contribution in [-0.4, -0.2) is 35.0 Å². The van der Waals surface area contributed by atoms with Crippen molar-refractivity contribution >= 4 is 21.4 Å². The molecule has 3 N–H and O–H groups in total. The van der Waals surface area contributed by atoms with E-state index in [1.807, 2.05) is 0 Å². The summed E-state index contributed by atoms with van der Waals surface area (Å²) in [6, 6.07) is 5.83. The van der Waals surface area contributed by atoms with Gasteiger partial charge in [-0.3, -0.25) is 5.10 Å². The van der Waals surface area contributed by atoms with E-state index in [1.54, 1.807) is 18.3 Å². The van der Waals surface area contributed by atoms with E-state index in [2.05, 4.69) is 15.5 Å². The standard InChI is InChI=1S/C15H16ClN3O3S/c16-8-1-3-9(4-2-8)23(21,22)10-5-12-11-7-17-19-14(11)15(20)13(6-10)18-12/h1-4,7,10,12-13,15,18,20H,5-6H2,(H,17,19).